The standard InChI is InChI=1S/C11H18N2O2S/c1-4-5-7(12)10-13-8(6(2)3)9(16-10)11(14)15/h6-7H,4-5,12H2,1-3H3,(H,14,15). The molecule has 0 aliphatic heterocycles. The zero-order valence-electron chi connectivity index (χ0n) is 9.86. The summed E-state index contributed by atoms with van der Waals surface area (Å²) in [5.74, 6) is -0.791. The van der Waals surface area contributed by atoms with Gasteiger partial charge in [0, 0.05) is 0 Å². The number of thiazole rings is 1. The molecule has 0 amide bonds. The van der Waals surface area contributed by atoms with E-state index in [0.717, 1.165) is 17.8 Å². The lowest BCUT2D eigenvalue weighted by Crippen LogP contribution is -2.09. The van der Waals surface area contributed by atoms with Crippen molar-refractivity contribution in [2.45, 2.75) is 45.6 Å². The molecular weight excluding hydrogens is 224 g/mol. The molecule has 1 aromatic rings. The molecule has 1 atom stereocenters. The van der Waals surface area contributed by atoms with Crippen molar-refractivity contribution in [1.82, 2.24) is 4.98 Å². The van der Waals surface area contributed by atoms with Gasteiger partial charge in [-0.1, -0.05) is 27.2 Å². The van der Waals surface area contributed by atoms with E-state index < -0.39 is 5.97 Å². The van der Waals surface area contributed by atoms with Gasteiger partial charge in [0.15, 0.2) is 0 Å². The topological polar surface area (TPSA) is 76.2 Å². The first-order chi connectivity index (χ1) is 7.47. The molecule has 1 aromatic heterocycles. The number of carboxylic acids is 1. The molecule has 90 valence electrons. The van der Waals surface area contributed by atoms with Gasteiger partial charge in [0.05, 0.1) is 11.7 Å². The van der Waals surface area contributed by atoms with E-state index in [2.05, 4.69) is 11.9 Å². The van der Waals surface area contributed by atoms with Crippen LogP contribution in [0.1, 0.15) is 65.9 Å². The lowest BCUT2D eigenvalue weighted by molar-refractivity contribution is 0.0700. The van der Waals surface area contributed by atoms with Crippen LogP contribution in [-0.2, 0) is 0 Å². The van der Waals surface area contributed by atoms with Crippen molar-refractivity contribution in [3.8, 4) is 0 Å². The Morgan fingerprint density at radius 3 is 2.56 bits per heavy atom. The van der Waals surface area contributed by atoms with E-state index in [9.17, 15) is 4.79 Å². The Morgan fingerprint density at radius 2 is 2.19 bits per heavy atom. The number of hydrogen-bond acceptors (Lipinski definition) is 4. The number of rotatable bonds is 5. The summed E-state index contributed by atoms with van der Waals surface area (Å²) < 4.78 is 0. The lowest BCUT2D eigenvalue weighted by Gasteiger charge is -2.05. The Hall–Kier alpha value is -0.940. The van der Waals surface area contributed by atoms with Crippen LogP contribution in [0.5, 0.6) is 0 Å². The minimum absolute atomic E-state index is 0.116. The van der Waals surface area contributed by atoms with E-state index in [-0.39, 0.29) is 12.0 Å². The van der Waals surface area contributed by atoms with E-state index in [1.54, 1.807) is 0 Å². The van der Waals surface area contributed by atoms with Crippen LogP contribution in [-0.4, -0.2) is 16.1 Å². The largest absolute Gasteiger partial charge is 0.477 e. The van der Waals surface area contributed by atoms with Crippen LogP contribution in [0.15, 0.2) is 0 Å². The van der Waals surface area contributed by atoms with Gasteiger partial charge in [-0.15, -0.1) is 11.3 Å². The Labute approximate surface area is 99.5 Å². The minimum atomic E-state index is -0.906. The highest BCUT2D eigenvalue weighted by molar-refractivity contribution is 7.13. The number of hydrogen-bond donors (Lipinski definition) is 2. The summed E-state index contributed by atoms with van der Waals surface area (Å²) in [6, 6.07) is -0.138. The van der Waals surface area contributed by atoms with E-state index in [1.807, 2.05) is 13.8 Å². The van der Waals surface area contributed by atoms with E-state index in [0.29, 0.717) is 10.6 Å². The molecule has 4 nitrogen and oxygen atoms in total. The zero-order valence-corrected chi connectivity index (χ0v) is 10.7. The molecule has 0 bridgehead atoms. The number of carbonyl (C=O) groups is 1. The molecule has 3 N–H and O–H groups in total. The maximum Gasteiger partial charge on any atom is 0.347 e. The molecule has 1 rings (SSSR count). The van der Waals surface area contributed by atoms with Crippen LogP contribution in [0.25, 0.3) is 0 Å². The predicted octanol–water partition coefficient (Wildman–Crippen LogP) is 2.76. The number of aromatic nitrogens is 1. The summed E-state index contributed by atoms with van der Waals surface area (Å²) in [5, 5.41) is 9.81. The monoisotopic (exact) mass is 242 g/mol. The molecule has 0 aliphatic carbocycles. The Balaban J connectivity index is 3.06. The maximum absolute atomic E-state index is 11.0. The van der Waals surface area contributed by atoms with Gasteiger partial charge in [-0.25, -0.2) is 9.78 Å². The van der Waals surface area contributed by atoms with Crippen molar-refractivity contribution in [2.75, 3.05) is 0 Å². The van der Waals surface area contributed by atoms with E-state index in [1.165, 1.54) is 11.3 Å². The smallest absolute Gasteiger partial charge is 0.347 e. The van der Waals surface area contributed by atoms with Crippen LogP contribution in [0.3, 0.4) is 0 Å². The van der Waals surface area contributed by atoms with Crippen molar-refractivity contribution < 1.29 is 9.90 Å². The molecule has 0 aromatic carbocycles. The average Bonchev–Trinajstić information content (AvgIpc) is 2.62. The number of aromatic carboxylic acids is 1. The molecule has 0 saturated carbocycles. The van der Waals surface area contributed by atoms with E-state index >= 15 is 0 Å². The summed E-state index contributed by atoms with van der Waals surface area (Å²) in [6.45, 7) is 5.93. The third-order valence-corrected chi connectivity index (χ3v) is 3.52. The van der Waals surface area contributed by atoms with Gasteiger partial charge in [-0.2, -0.15) is 0 Å². The van der Waals surface area contributed by atoms with Crippen molar-refractivity contribution in [3.63, 3.8) is 0 Å². The second kappa shape index (κ2) is 5.41. The van der Waals surface area contributed by atoms with E-state index in [4.69, 9.17) is 10.8 Å². The molecule has 16 heavy (non-hydrogen) atoms. The summed E-state index contributed by atoms with van der Waals surface area (Å²) in [7, 11) is 0. The third-order valence-electron chi connectivity index (χ3n) is 2.33. The van der Waals surface area contributed by atoms with Crippen LogP contribution in [0.2, 0.25) is 0 Å². The Bertz CT molecular complexity index is 374. The van der Waals surface area contributed by atoms with Gasteiger partial charge >= 0.3 is 5.97 Å². The lowest BCUT2D eigenvalue weighted by atomic mass is 10.1. The average molecular weight is 242 g/mol. The fourth-order valence-corrected chi connectivity index (χ4v) is 2.58. The van der Waals surface area contributed by atoms with Crippen LogP contribution in [0.4, 0.5) is 0 Å². The molecule has 1 unspecified atom stereocenters. The summed E-state index contributed by atoms with van der Waals surface area (Å²) in [4.78, 5) is 15.7. The molecule has 0 fully saturated rings. The molecule has 0 spiro atoms. The Morgan fingerprint density at radius 1 is 1.56 bits per heavy atom. The molecule has 0 radical (unpaired) electrons. The van der Waals surface area contributed by atoms with Crippen molar-refractivity contribution in [2.24, 2.45) is 5.73 Å². The maximum atomic E-state index is 11.0. The third kappa shape index (κ3) is 2.80. The molecule has 1 heterocycles. The quantitative estimate of drug-likeness (QED) is 0.832. The molecule has 0 aliphatic rings. The summed E-state index contributed by atoms with van der Waals surface area (Å²) in [5.41, 5.74) is 6.59. The molecule has 0 saturated heterocycles. The van der Waals surface area contributed by atoms with Gasteiger partial charge in [0.1, 0.15) is 9.88 Å². The predicted molar refractivity (Wildman–Crippen MR) is 65.0 cm³/mol. The molecule has 5 heteroatoms. The minimum Gasteiger partial charge on any atom is -0.477 e. The SMILES string of the molecule is CCCC(N)c1nc(C(C)C)c(C(=O)O)s1. The normalized spacial score (nSPS) is 13.1. The van der Waals surface area contributed by atoms with Crippen molar-refractivity contribution in [1.29, 1.82) is 0 Å². The second-order valence-corrected chi connectivity index (χ2v) is 5.15. The first-order valence-corrected chi connectivity index (χ1v) is 6.28. The fraction of sp³-hybridized carbons (Fsp3) is 0.636. The van der Waals surface area contributed by atoms with Gasteiger partial charge in [0.2, 0.25) is 0 Å². The highest BCUT2D eigenvalue weighted by atomic mass is 32.1. The Kier molecular flexibility index (Phi) is 4.44. The number of nitrogens with zero attached hydrogens (tertiary/aromatic N) is 1. The highest BCUT2D eigenvalue weighted by Gasteiger charge is 2.21. The van der Waals surface area contributed by atoms with Gasteiger partial charge < -0.3 is 10.8 Å². The highest BCUT2D eigenvalue weighted by Crippen LogP contribution is 2.29. The summed E-state index contributed by atoms with van der Waals surface area (Å²) >= 11 is 1.21. The van der Waals surface area contributed by atoms with Crippen molar-refractivity contribution >= 4 is 17.3 Å². The zero-order chi connectivity index (χ0) is 12.3. The van der Waals surface area contributed by atoms with Crippen LogP contribution >= 0.6 is 11.3 Å². The van der Waals surface area contributed by atoms with Gasteiger partial charge in [-0.3, -0.25) is 0 Å². The van der Waals surface area contributed by atoms with Crippen LogP contribution in [0, 0.1) is 0 Å². The number of nitrogens with two attached hydrogens (primary N) is 1. The van der Waals surface area contributed by atoms with Gasteiger partial charge in [-0.05, 0) is 12.3 Å². The summed E-state index contributed by atoms with van der Waals surface area (Å²) in [6.07, 6.45) is 1.81. The fourth-order valence-electron chi connectivity index (χ4n) is 1.49. The first kappa shape index (κ1) is 13.1. The molecular formula is C11H18N2O2S. The first-order valence-electron chi connectivity index (χ1n) is 5.46. The number of carboxylic acid groups (broad SMARTS) is 1. The second-order valence-electron chi connectivity index (χ2n) is 4.12. The van der Waals surface area contributed by atoms with Crippen LogP contribution < -0.4 is 5.73 Å². The van der Waals surface area contributed by atoms with Gasteiger partial charge in [0.25, 0.3) is 0 Å². The van der Waals surface area contributed by atoms with Crippen molar-refractivity contribution in [3.05, 3.63) is 15.6 Å².